The minimum absolute atomic E-state index is 0.250. The van der Waals surface area contributed by atoms with Gasteiger partial charge in [0.05, 0.1) is 21.2 Å². The Hall–Kier alpha value is -0.770. The van der Waals surface area contributed by atoms with Crippen molar-refractivity contribution < 1.29 is 9.90 Å². The van der Waals surface area contributed by atoms with Crippen molar-refractivity contribution in [3.8, 4) is 0 Å². The molecule has 1 aromatic rings. The van der Waals surface area contributed by atoms with E-state index in [4.69, 9.17) is 23.2 Å². The van der Waals surface area contributed by atoms with Gasteiger partial charge >= 0.3 is 0 Å². The number of benzene rings is 1. The van der Waals surface area contributed by atoms with Gasteiger partial charge < -0.3 is 10.4 Å². The summed E-state index contributed by atoms with van der Waals surface area (Å²) in [5.74, 6) is -0.296. The van der Waals surface area contributed by atoms with Gasteiger partial charge in [-0.3, -0.25) is 4.79 Å². The summed E-state index contributed by atoms with van der Waals surface area (Å²) >= 11 is 11.9. The second kappa shape index (κ2) is 6.79. The van der Waals surface area contributed by atoms with Crippen molar-refractivity contribution in [2.75, 3.05) is 6.54 Å². The third-order valence-corrected chi connectivity index (χ3v) is 4.63. The summed E-state index contributed by atoms with van der Waals surface area (Å²) in [5, 5.41) is 13.9. The summed E-state index contributed by atoms with van der Waals surface area (Å²) in [6.07, 6.45) is 5.77. The van der Waals surface area contributed by atoms with E-state index < -0.39 is 5.60 Å². The molecule has 0 radical (unpaired) electrons. The van der Waals surface area contributed by atoms with Crippen LogP contribution in [0.3, 0.4) is 0 Å². The normalized spacial score (nSPS) is 18.4. The van der Waals surface area contributed by atoms with Gasteiger partial charge in [0, 0.05) is 6.54 Å². The Morgan fingerprint density at radius 2 is 1.85 bits per heavy atom. The van der Waals surface area contributed by atoms with Gasteiger partial charge in [0.25, 0.3) is 5.91 Å². The SMILES string of the molecule is O=C(NCC1(O)CCCCCC1)c1cccc(Cl)c1Cl. The molecule has 0 heterocycles. The maximum Gasteiger partial charge on any atom is 0.252 e. The zero-order valence-corrected chi connectivity index (χ0v) is 12.8. The van der Waals surface area contributed by atoms with Gasteiger partial charge in [-0.2, -0.15) is 0 Å². The van der Waals surface area contributed by atoms with Crippen LogP contribution < -0.4 is 5.32 Å². The Labute approximate surface area is 129 Å². The molecule has 1 amide bonds. The molecule has 2 rings (SSSR count). The highest BCUT2D eigenvalue weighted by atomic mass is 35.5. The molecule has 0 atom stereocenters. The molecule has 0 bridgehead atoms. The van der Waals surface area contributed by atoms with Crippen molar-refractivity contribution in [1.82, 2.24) is 5.32 Å². The van der Waals surface area contributed by atoms with Crippen LogP contribution in [0.1, 0.15) is 48.9 Å². The highest BCUT2D eigenvalue weighted by Crippen LogP contribution is 2.28. The van der Waals surface area contributed by atoms with Crippen LogP contribution in [0.5, 0.6) is 0 Å². The van der Waals surface area contributed by atoms with E-state index in [-0.39, 0.29) is 17.5 Å². The number of aliphatic hydroxyl groups is 1. The average molecular weight is 316 g/mol. The number of amides is 1. The third kappa shape index (κ3) is 3.87. The van der Waals surface area contributed by atoms with Crippen LogP contribution >= 0.6 is 23.2 Å². The lowest BCUT2D eigenvalue weighted by Gasteiger charge is -2.26. The second-order valence-electron chi connectivity index (χ2n) is 5.42. The highest BCUT2D eigenvalue weighted by molar-refractivity contribution is 6.43. The number of hydrogen-bond donors (Lipinski definition) is 2. The summed E-state index contributed by atoms with van der Waals surface area (Å²) in [6.45, 7) is 0.259. The van der Waals surface area contributed by atoms with Crippen LogP contribution in [0.2, 0.25) is 10.0 Å². The number of hydrogen-bond acceptors (Lipinski definition) is 2. The van der Waals surface area contributed by atoms with Gasteiger partial charge in [-0.1, -0.05) is 55.0 Å². The van der Waals surface area contributed by atoms with Crippen LogP contribution in [-0.4, -0.2) is 23.2 Å². The van der Waals surface area contributed by atoms with E-state index in [1.165, 1.54) is 0 Å². The Bertz CT molecular complexity index is 483. The van der Waals surface area contributed by atoms with E-state index in [0.717, 1.165) is 38.5 Å². The Balaban J connectivity index is 1.99. The molecule has 110 valence electrons. The van der Waals surface area contributed by atoms with Crippen molar-refractivity contribution in [1.29, 1.82) is 0 Å². The quantitative estimate of drug-likeness (QED) is 0.833. The first-order valence-electron chi connectivity index (χ1n) is 6.96. The van der Waals surface area contributed by atoms with E-state index in [0.29, 0.717) is 10.6 Å². The van der Waals surface area contributed by atoms with Crippen LogP contribution in [-0.2, 0) is 0 Å². The lowest BCUT2D eigenvalue weighted by Crippen LogP contribution is -2.42. The number of halogens is 2. The van der Waals surface area contributed by atoms with Crippen molar-refractivity contribution >= 4 is 29.1 Å². The van der Waals surface area contributed by atoms with Crippen molar-refractivity contribution in [2.24, 2.45) is 0 Å². The Kier molecular flexibility index (Phi) is 5.30. The lowest BCUT2D eigenvalue weighted by atomic mass is 9.94. The monoisotopic (exact) mass is 315 g/mol. The molecule has 0 unspecified atom stereocenters. The van der Waals surface area contributed by atoms with Gasteiger partial charge in [0.15, 0.2) is 0 Å². The molecule has 1 saturated carbocycles. The molecule has 5 heteroatoms. The standard InChI is InChI=1S/C15H19Cl2NO2/c16-12-7-5-6-11(13(12)17)14(19)18-10-15(20)8-3-1-2-4-9-15/h5-7,20H,1-4,8-10H2,(H,18,19). The molecule has 1 aromatic carbocycles. The first kappa shape index (κ1) is 15.6. The van der Waals surface area contributed by atoms with Crippen LogP contribution in [0.25, 0.3) is 0 Å². The first-order valence-corrected chi connectivity index (χ1v) is 7.72. The van der Waals surface area contributed by atoms with E-state index in [9.17, 15) is 9.90 Å². The average Bonchev–Trinajstić information content (AvgIpc) is 2.65. The molecule has 0 saturated heterocycles. The molecule has 1 aliphatic carbocycles. The fraction of sp³-hybridized carbons (Fsp3) is 0.533. The van der Waals surface area contributed by atoms with Crippen molar-refractivity contribution in [3.05, 3.63) is 33.8 Å². The Morgan fingerprint density at radius 3 is 2.50 bits per heavy atom. The highest BCUT2D eigenvalue weighted by Gasteiger charge is 2.28. The summed E-state index contributed by atoms with van der Waals surface area (Å²) in [5.41, 5.74) is -0.451. The van der Waals surface area contributed by atoms with E-state index in [1.54, 1.807) is 18.2 Å². The van der Waals surface area contributed by atoms with Crippen molar-refractivity contribution in [3.63, 3.8) is 0 Å². The molecule has 0 spiro atoms. The van der Waals surface area contributed by atoms with Gasteiger partial charge in [-0.25, -0.2) is 0 Å². The first-order chi connectivity index (χ1) is 9.52. The predicted octanol–water partition coefficient (Wildman–Crippen LogP) is 3.81. The number of carbonyl (C=O) groups excluding carboxylic acids is 1. The van der Waals surface area contributed by atoms with Crippen LogP contribution in [0.4, 0.5) is 0 Å². The van der Waals surface area contributed by atoms with Gasteiger partial charge in [-0.05, 0) is 25.0 Å². The largest absolute Gasteiger partial charge is 0.388 e. The number of rotatable bonds is 3. The van der Waals surface area contributed by atoms with E-state index in [2.05, 4.69) is 5.32 Å². The second-order valence-corrected chi connectivity index (χ2v) is 6.21. The molecule has 3 nitrogen and oxygen atoms in total. The molecule has 0 aromatic heterocycles. The lowest BCUT2D eigenvalue weighted by molar-refractivity contribution is 0.0246. The molecule has 0 aliphatic heterocycles. The Morgan fingerprint density at radius 1 is 1.20 bits per heavy atom. The topological polar surface area (TPSA) is 49.3 Å². The molecule has 20 heavy (non-hydrogen) atoms. The maximum absolute atomic E-state index is 12.1. The number of nitrogens with one attached hydrogen (secondary N) is 1. The summed E-state index contributed by atoms with van der Waals surface area (Å²) in [6, 6.07) is 4.95. The van der Waals surface area contributed by atoms with Crippen LogP contribution in [0.15, 0.2) is 18.2 Å². The van der Waals surface area contributed by atoms with Crippen LogP contribution in [0, 0.1) is 0 Å². The summed E-state index contributed by atoms with van der Waals surface area (Å²) in [4.78, 5) is 12.1. The molecule has 2 N–H and O–H groups in total. The van der Waals surface area contributed by atoms with Gasteiger partial charge in [0.1, 0.15) is 0 Å². The third-order valence-electron chi connectivity index (χ3n) is 3.81. The van der Waals surface area contributed by atoms with E-state index >= 15 is 0 Å². The predicted molar refractivity (Wildman–Crippen MR) is 81.4 cm³/mol. The molecule has 1 aliphatic rings. The fourth-order valence-corrected chi connectivity index (χ4v) is 2.97. The van der Waals surface area contributed by atoms with E-state index in [1.807, 2.05) is 0 Å². The fourth-order valence-electron chi connectivity index (χ4n) is 2.58. The van der Waals surface area contributed by atoms with Gasteiger partial charge in [-0.15, -0.1) is 0 Å². The number of carbonyl (C=O) groups is 1. The zero-order valence-electron chi connectivity index (χ0n) is 11.3. The molecule has 1 fully saturated rings. The van der Waals surface area contributed by atoms with Crippen molar-refractivity contribution in [2.45, 2.75) is 44.1 Å². The summed E-state index contributed by atoms with van der Waals surface area (Å²) in [7, 11) is 0. The van der Waals surface area contributed by atoms with Gasteiger partial charge in [0.2, 0.25) is 0 Å². The molecular formula is C15H19Cl2NO2. The summed E-state index contributed by atoms with van der Waals surface area (Å²) < 4.78 is 0. The zero-order chi connectivity index (χ0) is 14.6. The minimum Gasteiger partial charge on any atom is -0.388 e. The maximum atomic E-state index is 12.1. The molecular weight excluding hydrogens is 297 g/mol. The smallest absolute Gasteiger partial charge is 0.252 e. The minimum atomic E-state index is -0.794.